The minimum atomic E-state index is 0.128. The molecule has 3 nitrogen and oxygen atoms in total. The third-order valence-corrected chi connectivity index (χ3v) is 3.54. The fourth-order valence-electron chi connectivity index (χ4n) is 2.40. The van der Waals surface area contributed by atoms with Crippen LogP contribution < -0.4 is 5.73 Å². The van der Waals surface area contributed by atoms with Gasteiger partial charge in [0.2, 0.25) is 5.91 Å². The van der Waals surface area contributed by atoms with E-state index in [9.17, 15) is 4.79 Å². The highest BCUT2D eigenvalue weighted by Crippen LogP contribution is 2.35. The number of rotatable bonds is 3. The molecule has 1 aromatic rings. The molecule has 17 heavy (non-hydrogen) atoms. The third kappa shape index (κ3) is 2.61. The Labute approximate surface area is 107 Å². The highest BCUT2D eigenvalue weighted by molar-refractivity contribution is 6.31. The largest absolute Gasteiger partial charge is 0.336 e. The van der Waals surface area contributed by atoms with E-state index in [0.29, 0.717) is 13.0 Å². The van der Waals surface area contributed by atoms with Gasteiger partial charge >= 0.3 is 0 Å². The van der Waals surface area contributed by atoms with Gasteiger partial charge in [-0.05, 0) is 24.5 Å². The van der Waals surface area contributed by atoms with Crippen molar-refractivity contribution >= 4 is 17.5 Å². The summed E-state index contributed by atoms with van der Waals surface area (Å²) in [5, 5.41) is 0.741. The van der Waals surface area contributed by atoms with Crippen LogP contribution in [0.4, 0.5) is 0 Å². The number of likely N-dealkylation sites (tertiary alicyclic amines) is 1. The number of hydrogen-bond donors (Lipinski definition) is 1. The molecule has 4 heteroatoms. The normalized spacial score (nSPS) is 19.6. The zero-order valence-electron chi connectivity index (χ0n) is 9.73. The van der Waals surface area contributed by atoms with E-state index in [4.69, 9.17) is 17.3 Å². The average molecular weight is 253 g/mol. The Morgan fingerprint density at radius 2 is 2.24 bits per heavy atom. The molecule has 1 heterocycles. The molecule has 2 N–H and O–H groups in total. The molecule has 1 amide bonds. The lowest BCUT2D eigenvalue weighted by Gasteiger charge is -2.25. The van der Waals surface area contributed by atoms with E-state index in [2.05, 4.69) is 0 Å². The van der Waals surface area contributed by atoms with Crippen LogP contribution in [0.2, 0.25) is 5.02 Å². The highest BCUT2D eigenvalue weighted by atomic mass is 35.5. The molecule has 1 saturated heterocycles. The maximum atomic E-state index is 11.9. The first kappa shape index (κ1) is 12.4. The molecule has 1 unspecified atom stereocenters. The number of halogens is 1. The molecule has 0 aromatic heterocycles. The second-order valence-electron chi connectivity index (χ2n) is 4.31. The van der Waals surface area contributed by atoms with Crippen molar-refractivity contribution in [3.05, 3.63) is 34.9 Å². The lowest BCUT2D eigenvalue weighted by molar-refractivity contribution is -0.131. The summed E-state index contributed by atoms with van der Waals surface area (Å²) in [7, 11) is 0. The molecule has 0 radical (unpaired) electrons. The van der Waals surface area contributed by atoms with Crippen LogP contribution in [0.25, 0.3) is 0 Å². The summed E-state index contributed by atoms with van der Waals surface area (Å²) < 4.78 is 0. The van der Waals surface area contributed by atoms with E-state index >= 15 is 0 Å². The summed E-state index contributed by atoms with van der Waals surface area (Å²) in [6, 6.07) is 7.88. The zero-order valence-corrected chi connectivity index (χ0v) is 10.5. The smallest absolute Gasteiger partial charge is 0.224 e. The van der Waals surface area contributed by atoms with Crippen molar-refractivity contribution in [1.82, 2.24) is 4.90 Å². The predicted octanol–water partition coefficient (Wildman–Crippen LogP) is 2.35. The van der Waals surface area contributed by atoms with Gasteiger partial charge in [-0.1, -0.05) is 29.8 Å². The maximum Gasteiger partial charge on any atom is 0.224 e. The van der Waals surface area contributed by atoms with Gasteiger partial charge < -0.3 is 10.6 Å². The van der Waals surface area contributed by atoms with Gasteiger partial charge in [0.05, 0.1) is 6.04 Å². The molecule has 1 aliphatic rings. The Morgan fingerprint density at radius 1 is 1.47 bits per heavy atom. The fraction of sp³-hybridized carbons (Fsp3) is 0.462. The molecule has 1 aliphatic heterocycles. The summed E-state index contributed by atoms with van der Waals surface area (Å²) in [5.41, 5.74) is 6.49. The summed E-state index contributed by atoms with van der Waals surface area (Å²) in [4.78, 5) is 13.9. The van der Waals surface area contributed by atoms with Gasteiger partial charge in [0.1, 0.15) is 0 Å². The van der Waals surface area contributed by atoms with Crippen LogP contribution in [0.15, 0.2) is 24.3 Å². The van der Waals surface area contributed by atoms with Crippen molar-refractivity contribution in [3.8, 4) is 0 Å². The van der Waals surface area contributed by atoms with E-state index in [1.54, 1.807) is 0 Å². The second-order valence-corrected chi connectivity index (χ2v) is 4.71. The van der Waals surface area contributed by atoms with E-state index in [-0.39, 0.29) is 11.9 Å². The number of carbonyl (C=O) groups is 1. The van der Waals surface area contributed by atoms with E-state index in [1.807, 2.05) is 29.2 Å². The van der Waals surface area contributed by atoms with Gasteiger partial charge in [0.25, 0.3) is 0 Å². The molecule has 0 spiro atoms. The first-order valence-electron chi connectivity index (χ1n) is 5.98. The Balaban J connectivity index is 2.20. The standard InChI is InChI=1S/C13H17ClN2O/c14-11-5-2-1-4-10(11)12-6-3-9-16(12)13(17)7-8-15/h1-2,4-5,12H,3,6-9,15H2. The quantitative estimate of drug-likeness (QED) is 0.898. The van der Waals surface area contributed by atoms with Crippen molar-refractivity contribution in [3.63, 3.8) is 0 Å². The minimum Gasteiger partial charge on any atom is -0.336 e. The van der Waals surface area contributed by atoms with Gasteiger partial charge in [0.15, 0.2) is 0 Å². The number of amides is 1. The molecule has 0 saturated carbocycles. The molecule has 1 fully saturated rings. The van der Waals surface area contributed by atoms with Crippen molar-refractivity contribution < 1.29 is 4.79 Å². The van der Waals surface area contributed by atoms with Crippen molar-refractivity contribution in [2.24, 2.45) is 5.73 Å². The van der Waals surface area contributed by atoms with Crippen LogP contribution in [0.5, 0.6) is 0 Å². The second kappa shape index (κ2) is 5.52. The minimum absolute atomic E-state index is 0.128. The van der Waals surface area contributed by atoms with Crippen LogP contribution in [0.3, 0.4) is 0 Å². The molecule has 0 bridgehead atoms. The Kier molecular flexibility index (Phi) is 4.02. The van der Waals surface area contributed by atoms with Gasteiger partial charge in [-0.15, -0.1) is 0 Å². The Bertz CT molecular complexity index is 408. The van der Waals surface area contributed by atoms with Crippen LogP contribution in [-0.2, 0) is 4.79 Å². The predicted molar refractivity (Wildman–Crippen MR) is 68.8 cm³/mol. The van der Waals surface area contributed by atoms with Crippen LogP contribution in [0.1, 0.15) is 30.9 Å². The average Bonchev–Trinajstić information content (AvgIpc) is 2.79. The van der Waals surface area contributed by atoms with Crippen molar-refractivity contribution in [2.75, 3.05) is 13.1 Å². The number of nitrogens with zero attached hydrogens (tertiary/aromatic N) is 1. The van der Waals surface area contributed by atoms with Crippen LogP contribution in [-0.4, -0.2) is 23.9 Å². The van der Waals surface area contributed by atoms with Crippen LogP contribution in [0, 0.1) is 0 Å². The van der Waals surface area contributed by atoms with Crippen molar-refractivity contribution in [2.45, 2.75) is 25.3 Å². The SMILES string of the molecule is NCCC(=O)N1CCCC1c1ccccc1Cl. The molecular weight excluding hydrogens is 236 g/mol. The highest BCUT2D eigenvalue weighted by Gasteiger charge is 2.30. The summed E-state index contributed by atoms with van der Waals surface area (Å²) in [5.74, 6) is 0.134. The lowest BCUT2D eigenvalue weighted by Crippen LogP contribution is -2.32. The summed E-state index contributed by atoms with van der Waals surface area (Å²) in [6.45, 7) is 1.22. The summed E-state index contributed by atoms with van der Waals surface area (Å²) in [6.07, 6.45) is 2.44. The van der Waals surface area contributed by atoms with E-state index in [1.165, 1.54) is 0 Å². The Hall–Kier alpha value is -1.06. The number of benzene rings is 1. The third-order valence-electron chi connectivity index (χ3n) is 3.20. The van der Waals surface area contributed by atoms with Gasteiger partial charge in [-0.2, -0.15) is 0 Å². The fourth-order valence-corrected chi connectivity index (χ4v) is 2.66. The molecule has 92 valence electrons. The van der Waals surface area contributed by atoms with E-state index < -0.39 is 0 Å². The monoisotopic (exact) mass is 252 g/mol. The first-order valence-corrected chi connectivity index (χ1v) is 6.36. The molecule has 0 aliphatic carbocycles. The molecule has 1 aromatic carbocycles. The van der Waals surface area contributed by atoms with E-state index in [0.717, 1.165) is 30.0 Å². The number of nitrogens with two attached hydrogens (primary N) is 1. The lowest BCUT2D eigenvalue weighted by atomic mass is 10.0. The molecule has 2 rings (SSSR count). The topological polar surface area (TPSA) is 46.3 Å². The zero-order chi connectivity index (χ0) is 12.3. The Morgan fingerprint density at radius 3 is 2.94 bits per heavy atom. The first-order chi connectivity index (χ1) is 8.24. The molecular formula is C13H17ClN2O. The number of hydrogen-bond acceptors (Lipinski definition) is 2. The maximum absolute atomic E-state index is 11.9. The van der Waals surface area contributed by atoms with Gasteiger partial charge in [0, 0.05) is 24.5 Å². The van der Waals surface area contributed by atoms with Gasteiger partial charge in [-0.25, -0.2) is 0 Å². The van der Waals surface area contributed by atoms with Crippen LogP contribution >= 0.6 is 11.6 Å². The van der Waals surface area contributed by atoms with Gasteiger partial charge in [-0.3, -0.25) is 4.79 Å². The van der Waals surface area contributed by atoms with Crippen molar-refractivity contribution in [1.29, 1.82) is 0 Å². The molecule has 1 atom stereocenters. The number of carbonyl (C=O) groups excluding carboxylic acids is 1. The summed E-state index contributed by atoms with van der Waals surface area (Å²) >= 11 is 6.19.